The topological polar surface area (TPSA) is 60.0 Å². The van der Waals surface area contributed by atoms with Gasteiger partial charge < -0.3 is 20.0 Å². The molecule has 3 rings (SSSR count). The van der Waals surface area contributed by atoms with Gasteiger partial charge in [-0.2, -0.15) is 4.89 Å². The number of benzene rings is 2. The van der Waals surface area contributed by atoms with Gasteiger partial charge in [0.25, 0.3) is 0 Å². The lowest BCUT2D eigenvalue weighted by Crippen LogP contribution is -2.45. The predicted molar refractivity (Wildman–Crippen MR) is 100 cm³/mol. The Morgan fingerprint density at radius 2 is 1.88 bits per heavy atom. The SMILES string of the molecule is COc1ccc(CC(C)(C)NCC(O)Cc2ccc3c(c2)OOC3)cc1. The molecule has 2 aromatic carbocycles. The van der Waals surface area contributed by atoms with Crippen LogP contribution in [-0.2, 0) is 24.3 Å². The van der Waals surface area contributed by atoms with Crippen molar-refractivity contribution in [1.82, 2.24) is 5.32 Å². The first-order chi connectivity index (χ1) is 12.4. The third kappa shape index (κ3) is 4.97. The van der Waals surface area contributed by atoms with Gasteiger partial charge in [0.05, 0.1) is 13.2 Å². The molecule has 2 N–H and O–H groups in total. The smallest absolute Gasteiger partial charge is 0.171 e. The number of ether oxygens (including phenoxy) is 1. The van der Waals surface area contributed by atoms with Crippen molar-refractivity contribution < 1.29 is 19.6 Å². The molecule has 5 nitrogen and oxygen atoms in total. The third-order valence-corrected chi connectivity index (χ3v) is 4.59. The second-order valence-electron chi connectivity index (χ2n) is 7.44. The summed E-state index contributed by atoms with van der Waals surface area (Å²) in [5, 5.41) is 13.9. The molecule has 0 saturated carbocycles. The van der Waals surface area contributed by atoms with Crippen LogP contribution in [0.15, 0.2) is 42.5 Å². The van der Waals surface area contributed by atoms with Crippen molar-refractivity contribution >= 4 is 0 Å². The summed E-state index contributed by atoms with van der Waals surface area (Å²) >= 11 is 0. The van der Waals surface area contributed by atoms with Crippen LogP contribution in [0.25, 0.3) is 0 Å². The van der Waals surface area contributed by atoms with Crippen LogP contribution in [0.4, 0.5) is 0 Å². The van der Waals surface area contributed by atoms with Gasteiger partial charge in [-0.3, -0.25) is 0 Å². The highest BCUT2D eigenvalue weighted by atomic mass is 17.2. The van der Waals surface area contributed by atoms with Gasteiger partial charge in [-0.15, -0.1) is 0 Å². The monoisotopic (exact) mass is 357 g/mol. The quantitative estimate of drug-likeness (QED) is 0.711. The Hall–Kier alpha value is -2.08. The molecule has 0 aliphatic carbocycles. The van der Waals surface area contributed by atoms with Crippen LogP contribution < -0.4 is 14.9 Å². The second-order valence-corrected chi connectivity index (χ2v) is 7.44. The molecule has 5 heteroatoms. The Bertz CT molecular complexity index is 727. The number of rotatable bonds is 8. The fraction of sp³-hybridized carbons (Fsp3) is 0.429. The van der Waals surface area contributed by atoms with Crippen molar-refractivity contribution in [2.24, 2.45) is 0 Å². The number of methoxy groups -OCH3 is 1. The van der Waals surface area contributed by atoms with Crippen molar-refractivity contribution in [2.75, 3.05) is 13.7 Å². The first-order valence-corrected chi connectivity index (χ1v) is 8.92. The van der Waals surface area contributed by atoms with Gasteiger partial charge in [0, 0.05) is 17.6 Å². The lowest BCUT2D eigenvalue weighted by atomic mass is 9.94. The molecule has 0 fully saturated rings. The van der Waals surface area contributed by atoms with Crippen molar-refractivity contribution in [1.29, 1.82) is 0 Å². The zero-order chi connectivity index (χ0) is 18.6. The van der Waals surface area contributed by atoms with Crippen molar-refractivity contribution in [2.45, 2.75) is 44.9 Å². The predicted octanol–water partition coefficient (Wildman–Crippen LogP) is 3.03. The minimum atomic E-state index is -0.467. The van der Waals surface area contributed by atoms with E-state index in [9.17, 15) is 5.11 Å². The number of hydrogen-bond donors (Lipinski definition) is 2. The molecule has 140 valence electrons. The first-order valence-electron chi connectivity index (χ1n) is 8.92. The molecule has 0 aromatic heterocycles. The van der Waals surface area contributed by atoms with Crippen LogP contribution in [0.3, 0.4) is 0 Å². The van der Waals surface area contributed by atoms with E-state index in [-0.39, 0.29) is 5.54 Å². The highest BCUT2D eigenvalue weighted by Gasteiger charge is 2.20. The maximum absolute atomic E-state index is 10.4. The van der Waals surface area contributed by atoms with E-state index in [4.69, 9.17) is 14.5 Å². The van der Waals surface area contributed by atoms with Crippen LogP contribution >= 0.6 is 0 Å². The highest BCUT2D eigenvalue weighted by molar-refractivity contribution is 5.38. The summed E-state index contributed by atoms with van der Waals surface area (Å²) in [7, 11) is 1.67. The summed E-state index contributed by atoms with van der Waals surface area (Å²) in [5.74, 6) is 1.61. The number of aliphatic hydroxyl groups is 1. The zero-order valence-electron chi connectivity index (χ0n) is 15.6. The van der Waals surface area contributed by atoms with Gasteiger partial charge in [0.1, 0.15) is 12.4 Å². The van der Waals surface area contributed by atoms with E-state index in [0.717, 1.165) is 29.0 Å². The maximum atomic E-state index is 10.4. The lowest BCUT2D eigenvalue weighted by molar-refractivity contribution is -0.194. The minimum Gasteiger partial charge on any atom is -0.497 e. The Morgan fingerprint density at radius 1 is 1.15 bits per heavy atom. The minimum absolute atomic E-state index is 0.121. The van der Waals surface area contributed by atoms with E-state index >= 15 is 0 Å². The molecule has 1 heterocycles. The molecule has 0 bridgehead atoms. The van der Waals surface area contributed by atoms with Gasteiger partial charge in [0.15, 0.2) is 5.75 Å². The normalized spacial score (nSPS) is 14.6. The van der Waals surface area contributed by atoms with Gasteiger partial charge in [-0.25, -0.2) is 0 Å². The van der Waals surface area contributed by atoms with E-state index in [0.29, 0.717) is 19.6 Å². The molecule has 1 atom stereocenters. The van der Waals surface area contributed by atoms with Crippen molar-refractivity contribution in [3.05, 3.63) is 59.2 Å². The van der Waals surface area contributed by atoms with E-state index in [1.807, 2.05) is 30.3 Å². The van der Waals surface area contributed by atoms with Gasteiger partial charge in [0.2, 0.25) is 0 Å². The van der Waals surface area contributed by atoms with Crippen LogP contribution in [0.2, 0.25) is 0 Å². The molecule has 0 saturated heterocycles. The molecule has 0 amide bonds. The average Bonchev–Trinajstić information content (AvgIpc) is 3.08. The summed E-state index contributed by atoms with van der Waals surface area (Å²) in [6.07, 6.45) is 0.973. The first kappa shape index (κ1) is 18.7. The number of nitrogens with one attached hydrogen (secondary N) is 1. The summed E-state index contributed by atoms with van der Waals surface area (Å²) in [6.45, 7) is 5.30. The molecule has 1 unspecified atom stereocenters. The molecule has 0 spiro atoms. The van der Waals surface area contributed by atoms with Gasteiger partial charge in [-0.05, 0) is 56.0 Å². The summed E-state index contributed by atoms with van der Waals surface area (Å²) in [5.41, 5.74) is 3.19. The summed E-state index contributed by atoms with van der Waals surface area (Å²) < 4.78 is 5.20. The molecule has 2 aromatic rings. The molecule has 0 radical (unpaired) electrons. The average molecular weight is 357 g/mol. The Morgan fingerprint density at radius 3 is 2.62 bits per heavy atom. The fourth-order valence-electron chi connectivity index (χ4n) is 3.13. The molecule has 26 heavy (non-hydrogen) atoms. The molecule has 1 aliphatic heterocycles. The van der Waals surface area contributed by atoms with Crippen LogP contribution in [-0.4, -0.2) is 30.4 Å². The van der Waals surface area contributed by atoms with Crippen LogP contribution in [0.5, 0.6) is 11.5 Å². The largest absolute Gasteiger partial charge is 0.497 e. The van der Waals surface area contributed by atoms with E-state index in [1.54, 1.807) is 7.11 Å². The van der Waals surface area contributed by atoms with Crippen LogP contribution in [0.1, 0.15) is 30.5 Å². The van der Waals surface area contributed by atoms with Crippen molar-refractivity contribution in [3.63, 3.8) is 0 Å². The van der Waals surface area contributed by atoms with Crippen molar-refractivity contribution in [3.8, 4) is 11.5 Å². The standard InChI is InChI=1S/C21H27NO4/c1-21(2,12-15-5-8-19(24-3)9-6-15)22-13-18(23)10-16-4-7-17-14-25-26-20(17)11-16/h4-9,11,18,22-23H,10,12-14H2,1-3H3. The Labute approximate surface area is 154 Å². The Kier molecular flexibility index (Phi) is 5.81. The molecular formula is C21H27NO4. The summed E-state index contributed by atoms with van der Waals surface area (Å²) in [4.78, 5) is 10.1. The number of aliphatic hydroxyl groups excluding tert-OH is 1. The third-order valence-electron chi connectivity index (χ3n) is 4.59. The zero-order valence-corrected chi connectivity index (χ0v) is 15.6. The molecular weight excluding hydrogens is 330 g/mol. The number of fused-ring (bicyclic) bond motifs is 1. The highest BCUT2D eigenvalue weighted by Crippen LogP contribution is 2.27. The van der Waals surface area contributed by atoms with E-state index < -0.39 is 6.10 Å². The fourth-order valence-corrected chi connectivity index (χ4v) is 3.13. The second kappa shape index (κ2) is 8.08. The van der Waals surface area contributed by atoms with Crippen LogP contribution in [0, 0.1) is 0 Å². The summed E-state index contributed by atoms with van der Waals surface area (Å²) in [6, 6.07) is 14.0. The van der Waals surface area contributed by atoms with E-state index in [2.05, 4.69) is 31.3 Å². The number of β-amino-alcohol motifs (C(OH)–C–C–N with tert-alkyl or cyclic N) is 1. The Balaban J connectivity index is 1.50. The molecule has 1 aliphatic rings. The van der Waals surface area contributed by atoms with Gasteiger partial charge in [-0.1, -0.05) is 24.3 Å². The number of hydrogen-bond acceptors (Lipinski definition) is 5. The van der Waals surface area contributed by atoms with Gasteiger partial charge >= 0.3 is 0 Å². The maximum Gasteiger partial charge on any atom is 0.171 e. The lowest BCUT2D eigenvalue weighted by Gasteiger charge is -2.28. The van der Waals surface area contributed by atoms with E-state index in [1.165, 1.54) is 5.56 Å².